The number of fused-ring (bicyclic) bond motifs is 1. The third-order valence-corrected chi connectivity index (χ3v) is 6.15. The van der Waals surface area contributed by atoms with Crippen LogP contribution in [-0.2, 0) is 10.4 Å². The SMILES string of the molecule is C[C@@](O)(CC(=O)Nc1nc2ccc(C3CC3)nc2n1C1CCC1)c1ccccc1. The van der Waals surface area contributed by atoms with Crippen LogP contribution in [0.15, 0.2) is 42.5 Å². The van der Waals surface area contributed by atoms with Crippen molar-refractivity contribution < 1.29 is 9.90 Å². The molecule has 2 aliphatic carbocycles. The summed E-state index contributed by atoms with van der Waals surface area (Å²) in [4.78, 5) is 22.4. The molecule has 0 radical (unpaired) electrons. The van der Waals surface area contributed by atoms with Gasteiger partial charge in [0.15, 0.2) is 5.65 Å². The van der Waals surface area contributed by atoms with Gasteiger partial charge in [0.1, 0.15) is 5.52 Å². The lowest BCUT2D eigenvalue weighted by Crippen LogP contribution is -2.30. The van der Waals surface area contributed by atoms with Crippen LogP contribution in [0.3, 0.4) is 0 Å². The zero-order valence-corrected chi connectivity index (χ0v) is 16.6. The zero-order chi connectivity index (χ0) is 20.0. The van der Waals surface area contributed by atoms with Gasteiger partial charge in [0.25, 0.3) is 0 Å². The smallest absolute Gasteiger partial charge is 0.229 e. The van der Waals surface area contributed by atoms with Gasteiger partial charge in [-0.1, -0.05) is 30.3 Å². The molecule has 0 aliphatic heterocycles. The van der Waals surface area contributed by atoms with Crippen molar-refractivity contribution in [2.45, 2.75) is 63.0 Å². The van der Waals surface area contributed by atoms with Crippen molar-refractivity contribution in [1.29, 1.82) is 0 Å². The minimum Gasteiger partial charge on any atom is -0.385 e. The predicted octanol–water partition coefficient (Wildman–Crippen LogP) is 4.27. The number of rotatable bonds is 6. The van der Waals surface area contributed by atoms with Gasteiger partial charge in [0.05, 0.1) is 12.0 Å². The molecule has 2 heterocycles. The molecule has 2 aromatic heterocycles. The van der Waals surface area contributed by atoms with E-state index in [-0.39, 0.29) is 12.3 Å². The monoisotopic (exact) mass is 390 g/mol. The number of pyridine rings is 1. The first-order chi connectivity index (χ1) is 14.0. The molecule has 6 heteroatoms. The van der Waals surface area contributed by atoms with E-state index in [1.807, 2.05) is 36.4 Å². The fourth-order valence-corrected chi connectivity index (χ4v) is 4.05. The fraction of sp³-hybridized carbons (Fsp3) is 0.435. The first kappa shape index (κ1) is 18.3. The lowest BCUT2D eigenvalue weighted by atomic mass is 9.92. The summed E-state index contributed by atoms with van der Waals surface area (Å²) in [6.45, 7) is 1.67. The second kappa shape index (κ2) is 6.95. The van der Waals surface area contributed by atoms with Crippen LogP contribution in [0, 0.1) is 0 Å². The Labute approximate surface area is 170 Å². The van der Waals surface area contributed by atoms with Crippen LogP contribution in [0.5, 0.6) is 0 Å². The quantitative estimate of drug-likeness (QED) is 0.659. The van der Waals surface area contributed by atoms with Gasteiger partial charge in [0.2, 0.25) is 11.9 Å². The number of aliphatic hydroxyl groups is 1. The Kier molecular flexibility index (Phi) is 4.39. The van der Waals surface area contributed by atoms with Gasteiger partial charge < -0.3 is 5.11 Å². The average molecular weight is 390 g/mol. The second-order valence-corrected chi connectivity index (χ2v) is 8.61. The molecule has 0 unspecified atom stereocenters. The van der Waals surface area contributed by atoms with Crippen molar-refractivity contribution in [3.05, 3.63) is 53.7 Å². The molecule has 2 aliphatic rings. The van der Waals surface area contributed by atoms with Crippen LogP contribution >= 0.6 is 0 Å². The van der Waals surface area contributed by atoms with Crippen molar-refractivity contribution in [1.82, 2.24) is 14.5 Å². The lowest BCUT2D eigenvalue weighted by molar-refractivity contribution is -0.120. The number of hydrogen-bond acceptors (Lipinski definition) is 4. The predicted molar refractivity (Wildman–Crippen MR) is 112 cm³/mol. The number of nitrogens with one attached hydrogen (secondary N) is 1. The maximum Gasteiger partial charge on any atom is 0.229 e. The number of carbonyl (C=O) groups is 1. The highest BCUT2D eigenvalue weighted by molar-refractivity contribution is 5.91. The molecule has 2 fully saturated rings. The molecule has 5 rings (SSSR count). The summed E-state index contributed by atoms with van der Waals surface area (Å²) >= 11 is 0. The van der Waals surface area contributed by atoms with Gasteiger partial charge in [-0.05, 0) is 56.7 Å². The average Bonchev–Trinajstić information content (AvgIpc) is 3.45. The second-order valence-electron chi connectivity index (χ2n) is 8.61. The third-order valence-electron chi connectivity index (χ3n) is 6.15. The summed E-state index contributed by atoms with van der Waals surface area (Å²) in [6, 6.07) is 13.7. The molecule has 0 saturated heterocycles. The van der Waals surface area contributed by atoms with Gasteiger partial charge in [-0.2, -0.15) is 0 Å². The van der Waals surface area contributed by atoms with Crippen LogP contribution in [-0.4, -0.2) is 25.5 Å². The molecule has 0 spiro atoms. The topological polar surface area (TPSA) is 80.0 Å². The highest BCUT2D eigenvalue weighted by atomic mass is 16.3. The summed E-state index contributed by atoms with van der Waals surface area (Å²) < 4.78 is 2.10. The maximum absolute atomic E-state index is 12.8. The summed E-state index contributed by atoms with van der Waals surface area (Å²) in [5, 5.41) is 13.8. The van der Waals surface area contributed by atoms with Crippen molar-refractivity contribution in [2.24, 2.45) is 0 Å². The zero-order valence-electron chi connectivity index (χ0n) is 16.6. The van der Waals surface area contributed by atoms with Crippen molar-refractivity contribution in [3.8, 4) is 0 Å². The number of nitrogens with zero attached hydrogens (tertiary/aromatic N) is 3. The summed E-state index contributed by atoms with van der Waals surface area (Å²) in [6.07, 6.45) is 5.70. The van der Waals surface area contributed by atoms with E-state index in [0.717, 1.165) is 35.3 Å². The van der Waals surface area contributed by atoms with Crippen LogP contribution in [0.4, 0.5) is 5.95 Å². The van der Waals surface area contributed by atoms with E-state index in [1.54, 1.807) is 6.92 Å². The van der Waals surface area contributed by atoms with Crippen LogP contribution in [0.1, 0.15) is 68.7 Å². The minimum absolute atomic E-state index is 0.0361. The Hall–Kier alpha value is -2.73. The van der Waals surface area contributed by atoms with E-state index in [2.05, 4.69) is 20.9 Å². The van der Waals surface area contributed by atoms with Crippen molar-refractivity contribution in [3.63, 3.8) is 0 Å². The highest BCUT2D eigenvalue weighted by Gasteiger charge is 2.31. The Morgan fingerprint density at radius 2 is 1.90 bits per heavy atom. The van der Waals surface area contributed by atoms with Crippen molar-refractivity contribution in [2.75, 3.05) is 5.32 Å². The van der Waals surface area contributed by atoms with Crippen LogP contribution < -0.4 is 5.32 Å². The molecule has 6 nitrogen and oxygen atoms in total. The molecule has 2 N–H and O–H groups in total. The molecule has 0 bridgehead atoms. The normalized spacial score (nSPS) is 19.0. The number of hydrogen-bond donors (Lipinski definition) is 2. The number of aromatic nitrogens is 3. The maximum atomic E-state index is 12.8. The summed E-state index contributed by atoms with van der Waals surface area (Å²) in [5.41, 5.74) is 2.28. The number of benzene rings is 1. The minimum atomic E-state index is -1.24. The van der Waals surface area contributed by atoms with E-state index in [0.29, 0.717) is 17.9 Å². The third kappa shape index (κ3) is 3.53. The Morgan fingerprint density at radius 1 is 1.14 bits per heavy atom. The van der Waals surface area contributed by atoms with Gasteiger partial charge >= 0.3 is 0 Å². The fourth-order valence-electron chi connectivity index (χ4n) is 4.05. The van der Waals surface area contributed by atoms with Crippen LogP contribution in [0.2, 0.25) is 0 Å². The Bertz CT molecular complexity index is 1050. The lowest BCUT2D eigenvalue weighted by Gasteiger charge is -2.29. The Morgan fingerprint density at radius 3 is 2.55 bits per heavy atom. The number of amides is 1. The van der Waals surface area contributed by atoms with Gasteiger partial charge in [-0.3, -0.25) is 14.7 Å². The van der Waals surface area contributed by atoms with E-state index >= 15 is 0 Å². The molecular formula is C23H26N4O2. The standard InChI is InChI=1S/C23H26N4O2/c1-23(29,16-6-3-2-4-7-16)14-20(28)26-22-25-19-13-12-18(15-10-11-15)24-21(19)27(22)17-8-5-9-17/h2-4,6-7,12-13,15,17,29H,5,8-11,14H2,1H3,(H,25,26,28)/t23-/m1/s1. The molecule has 2 saturated carbocycles. The van der Waals surface area contributed by atoms with Gasteiger partial charge in [0, 0.05) is 17.7 Å². The molecule has 150 valence electrons. The largest absolute Gasteiger partial charge is 0.385 e. The van der Waals surface area contributed by atoms with Gasteiger partial charge in [-0.15, -0.1) is 0 Å². The summed E-state index contributed by atoms with van der Waals surface area (Å²) in [7, 11) is 0. The summed E-state index contributed by atoms with van der Waals surface area (Å²) in [5.74, 6) is 0.860. The highest BCUT2D eigenvalue weighted by Crippen LogP contribution is 2.41. The van der Waals surface area contributed by atoms with Crippen molar-refractivity contribution >= 4 is 23.0 Å². The van der Waals surface area contributed by atoms with Crippen LogP contribution in [0.25, 0.3) is 11.2 Å². The Balaban J connectivity index is 1.43. The van der Waals surface area contributed by atoms with E-state index in [9.17, 15) is 9.90 Å². The van der Waals surface area contributed by atoms with E-state index in [4.69, 9.17) is 4.98 Å². The number of anilines is 1. The molecular weight excluding hydrogens is 364 g/mol. The number of imidazole rings is 1. The molecule has 1 amide bonds. The molecule has 1 atom stereocenters. The first-order valence-electron chi connectivity index (χ1n) is 10.5. The van der Waals surface area contributed by atoms with Gasteiger partial charge in [-0.25, -0.2) is 9.97 Å². The van der Waals surface area contributed by atoms with E-state index < -0.39 is 5.60 Å². The van der Waals surface area contributed by atoms with E-state index in [1.165, 1.54) is 19.3 Å². The molecule has 3 aromatic rings. The molecule has 29 heavy (non-hydrogen) atoms. The molecule has 1 aromatic carbocycles. The number of carbonyl (C=O) groups excluding carboxylic acids is 1. The first-order valence-corrected chi connectivity index (χ1v) is 10.5.